The Hall–Kier alpha value is -1.71. The molecule has 2 rings (SSSR count). The zero-order valence-electron chi connectivity index (χ0n) is 20.7. The molecule has 176 valence electrons. The highest BCUT2D eigenvalue weighted by Crippen LogP contribution is 2.39. The molecule has 2 aromatic carbocycles. The highest BCUT2D eigenvalue weighted by molar-refractivity contribution is 6.36. The molecular weight excluding hydrogens is 441 g/mol. The number of hydrogen-bond acceptors (Lipinski definition) is 2. The Morgan fingerprint density at radius 1 is 0.969 bits per heavy atom. The van der Waals surface area contributed by atoms with Gasteiger partial charge in [-0.15, -0.1) is 0 Å². The largest absolute Gasteiger partial charge is 0.480 e. The second-order valence-electron chi connectivity index (χ2n) is 9.75. The standard InChI is InChI=1S/C27H37Cl2NO2/c1-9-23(25(31)30-19-15-21(28)17(4)22(29)16-19)32-24-13-12-18(26(5,6)10-2)14-20(24)27(7,8)11-3/h12-16,23H,9-11H2,1-8H3,(H,30,31). The van der Waals surface area contributed by atoms with Crippen LogP contribution in [-0.4, -0.2) is 12.0 Å². The van der Waals surface area contributed by atoms with Crippen LogP contribution in [0.25, 0.3) is 0 Å². The minimum absolute atomic E-state index is 0.0720. The molecule has 1 N–H and O–H groups in total. The summed E-state index contributed by atoms with van der Waals surface area (Å²) in [5.41, 5.74) is 3.75. The molecule has 0 radical (unpaired) electrons. The number of ether oxygens (including phenoxy) is 1. The van der Waals surface area contributed by atoms with E-state index in [2.05, 4.69) is 59.0 Å². The van der Waals surface area contributed by atoms with Gasteiger partial charge >= 0.3 is 0 Å². The third-order valence-corrected chi connectivity index (χ3v) is 7.52. The average molecular weight is 479 g/mol. The minimum atomic E-state index is -0.634. The molecule has 0 aliphatic carbocycles. The fourth-order valence-electron chi connectivity index (χ4n) is 3.39. The first-order valence-corrected chi connectivity index (χ1v) is 12.2. The van der Waals surface area contributed by atoms with Crippen LogP contribution in [0.15, 0.2) is 30.3 Å². The number of carbonyl (C=O) groups excluding carboxylic acids is 1. The first-order valence-electron chi connectivity index (χ1n) is 11.4. The van der Waals surface area contributed by atoms with Crippen molar-refractivity contribution >= 4 is 34.8 Å². The van der Waals surface area contributed by atoms with Crippen molar-refractivity contribution < 1.29 is 9.53 Å². The Labute approximate surface area is 203 Å². The number of hydrogen-bond donors (Lipinski definition) is 1. The average Bonchev–Trinajstić information content (AvgIpc) is 2.75. The lowest BCUT2D eigenvalue weighted by molar-refractivity contribution is -0.122. The van der Waals surface area contributed by atoms with E-state index in [1.807, 2.05) is 19.9 Å². The van der Waals surface area contributed by atoms with Gasteiger partial charge in [0, 0.05) is 21.3 Å². The lowest BCUT2D eigenvalue weighted by Gasteiger charge is -2.31. The molecule has 0 bridgehead atoms. The third kappa shape index (κ3) is 5.99. The minimum Gasteiger partial charge on any atom is -0.480 e. The van der Waals surface area contributed by atoms with Gasteiger partial charge in [0.25, 0.3) is 5.91 Å². The van der Waals surface area contributed by atoms with Crippen molar-refractivity contribution in [3.8, 4) is 5.75 Å². The van der Waals surface area contributed by atoms with Gasteiger partial charge in [-0.05, 0) is 66.3 Å². The topological polar surface area (TPSA) is 38.3 Å². The summed E-state index contributed by atoms with van der Waals surface area (Å²) < 4.78 is 6.32. The van der Waals surface area contributed by atoms with Gasteiger partial charge in [-0.3, -0.25) is 4.79 Å². The molecule has 2 aromatic rings. The maximum Gasteiger partial charge on any atom is 0.265 e. The van der Waals surface area contributed by atoms with Gasteiger partial charge in [-0.2, -0.15) is 0 Å². The number of halogens is 2. The van der Waals surface area contributed by atoms with Gasteiger partial charge in [-0.25, -0.2) is 0 Å². The van der Waals surface area contributed by atoms with Crippen LogP contribution in [0, 0.1) is 6.92 Å². The molecule has 0 fully saturated rings. The van der Waals surface area contributed by atoms with Crippen molar-refractivity contribution in [3.63, 3.8) is 0 Å². The lowest BCUT2D eigenvalue weighted by atomic mass is 9.76. The van der Waals surface area contributed by atoms with E-state index in [0.29, 0.717) is 22.2 Å². The maximum absolute atomic E-state index is 13.0. The van der Waals surface area contributed by atoms with E-state index in [4.69, 9.17) is 27.9 Å². The maximum atomic E-state index is 13.0. The zero-order valence-corrected chi connectivity index (χ0v) is 22.2. The second kappa shape index (κ2) is 10.5. The van der Waals surface area contributed by atoms with E-state index in [9.17, 15) is 4.79 Å². The fraction of sp³-hybridized carbons (Fsp3) is 0.519. The summed E-state index contributed by atoms with van der Waals surface area (Å²) in [7, 11) is 0. The summed E-state index contributed by atoms with van der Waals surface area (Å²) in [4.78, 5) is 13.0. The molecule has 32 heavy (non-hydrogen) atoms. The number of carbonyl (C=O) groups is 1. The smallest absolute Gasteiger partial charge is 0.265 e. The normalized spacial score (nSPS) is 13.1. The van der Waals surface area contributed by atoms with E-state index in [-0.39, 0.29) is 16.7 Å². The Balaban J connectivity index is 2.36. The molecule has 0 saturated heterocycles. The molecule has 0 heterocycles. The van der Waals surface area contributed by atoms with Gasteiger partial charge < -0.3 is 10.1 Å². The summed E-state index contributed by atoms with van der Waals surface area (Å²) in [6, 6.07) is 9.82. The van der Waals surface area contributed by atoms with Gasteiger partial charge in [0.2, 0.25) is 0 Å². The van der Waals surface area contributed by atoms with E-state index >= 15 is 0 Å². The van der Waals surface area contributed by atoms with Gasteiger partial charge in [0.15, 0.2) is 6.10 Å². The van der Waals surface area contributed by atoms with Crippen LogP contribution < -0.4 is 10.1 Å². The van der Waals surface area contributed by atoms with Crippen molar-refractivity contribution in [2.24, 2.45) is 0 Å². The molecule has 1 unspecified atom stereocenters. The first kappa shape index (κ1) is 26.5. The monoisotopic (exact) mass is 477 g/mol. The molecule has 0 aliphatic heterocycles. The number of anilines is 1. The number of nitrogens with one attached hydrogen (secondary N) is 1. The summed E-state index contributed by atoms with van der Waals surface area (Å²) in [6.07, 6.45) is 1.90. The van der Waals surface area contributed by atoms with E-state index < -0.39 is 6.10 Å². The molecule has 5 heteroatoms. The Bertz CT molecular complexity index is 943. The molecular formula is C27H37Cl2NO2. The van der Waals surface area contributed by atoms with Crippen LogP contribution in [-0.2, 0) is 15.6 Å². The molecule has 0 spiro atoms. The van der Waals surface area contributed by atoms with Gasteiger partial charge in [0.1, 0.15) is 5.75 Å². The van der Waals surface area contributed by atoms with Gasteiger partial charge in [0.05, 0.1) is 0 Å². The molecule has 0 saturated carbocycles. The predicted octanol–water partition coefficient (Wildman–Crippen LogP) is 8.47. The zero-order chi connectivity index (χ0) is 24.3. The molecule has 0 aliphatic rings. The van der Waals surface area contributed by atoms with E-state index in [0.717, 1.165) is 29.7 Å². The van der Waals surface area contributed by atoms with Crippen molar-refractivity contribution in [2.75, 3.05) is 5.32 Å². The molecule has 0 aromatic heterocycles. The molecule has 1 amide bonds. The third-order valence-electron chi connectivity index (χ3n) is 6.74. The summed E-state index contributed by atoms with van der Waals surface area (Å²) in [5, 5.41) is 3.94. The van der Waals surface area contributed by atoms with Crippen molar-refractivity contribution in [3.05, 3.63) is 57.1 Å². The number of benzene rings is 2. The summed E-state index contributed by atoms with van der Waals surface area (Å²) in [5.74, 6) is 0.538. The Kier molecular flexibility index (Phi) is 8.69. The molecule has 3 nitrogen and oxygen atoms in total. The quantitative estimate of drug-likeness (QED) is 0.393. The van der Waals surface area contributed by atoms with E-state index in [1.165, 1.54) is 5.56 Å². The highest BCUT2D eigenvalue weighted by atomic mass is 35.5. The van der Waals surface area contributed by atoms with Crippen LogP contribution in [0.5, 0.6) is 5.75 Å². The highest BCUT2D eigenvalue weighted by Gasteiger charge is 2.29. The van der Waals surface area contributed by atoms with E-state index in [1.54, 1.807) is 12.1 Å². The van der Waals surface area contributed by atoms with Crippen molar-refractivity contribution in [1.29, 1.82) is 0 Å². The van der Waals surface area contributed by atoms with Crippen LogP contribution >= 0.6 is 23.2 Å². The van der Waals surface area contributed by atoms with Crippen LogP contribution in [0.4, 0.5) is 5.69 Å². The van der Waals surface area contributed by atoms with Crippen molar-refractivity contribution in [2.45, 2.75) is 91.6 Å². The summed E-state index contributed by atoms with van der Waals surface area (Å²) >= 11 is 12.5. The Morgan fingerprint density at radius 2 is 1.53 bits per heavy atom. The Morgan fingerprint density at radius 3 is 2.03 bits per heavy atom. The predicted molar refractivity (Wildman–Crippen MR) is 138 cm³/mol. The first-order chi connectivity index (χ1) is 14.9. The summed E-state index contributed by atoms with van der Waals surface area (Å²) in [6.45, 7) is 17.1. The lowest BCUT2D eigenvalue weighted by Crippen LogP contribution is -2.33. The van der Waals surface area contributed by atoms with Crippen LogP contribution in [0.3, 0.4) is 0 Å². The number of rotatable bonds is 9. The van der Waals surface area contributed by atoms with Crippen LogP contribution in [0.2, 0.25) is 10.0 Å². The molecule has 1 atom stereocenters. The van der Waals surface area contributed by atoms with Crippen LogP contribution in [0.1, 0.15) is 84.4 Å². The second-order valence-corrected chi connectivity index (χ2v) is 10.6. The van der Waals surface area contributed by atoms with Gasteiger partial charge in [-0.1, -0.05) is 83.8 Å². The SMILES string of the molecule is CCC(Oc1ccc(C(C)(C)CC)cc1C(C)(C)CC)C(=O)Nc1cc(Cl)c(C)c(Cl)c1. The number of amides is 1. The van der Waals surface area contributed by atoms with Crippen molar-refractivity contribution in [1.82, 2.24) is 0 Å². The fourth-order valence-corrected chi connectivity index (χ4v) is 3.88.